The van der Waals surface area contributed by atoms with Crippen LogP contribution in [0.15, 0.2) is 29.9 Å². The van der Waals surface area contributed by atoms with Gasteiger partial charge in [-0.15, -0.1) is 11.3 Å². The number of fused-ring (bicyclic) bond motifs is 1. The van der Waals surface area contributed by atoms with Crippen LogP contribution in [0.1, 0.15) is 27.5 Å². The second-order valence-corrected chi connectivity index (χ2v) is 7.47. The molecule has 0 aromatic carbocycles. The van der Waals surface area contributed by atoms with Crippen molar-refractivity contribution >= 4 is 17.2 Å². The maximum absolute atomic E-state index is 12.6. The predicted molar refractivity (Wildman–Crippen MR) is 89.3 cm³/mol. The molecule has 0 N–H and O–H groups in total. The summed E-state index contributed by atoms with van der Waals surface area (Å²) in [5.41, 5.74) is 1.85. The summed E-state index contributed by atoms with van der Waals surface area (Å²) < 4.78 is 0. The quantitative estimate of drug-likeness (QED) is 0.867. The number of thiazole rings is 1. The molecule has 4 rings (SSSR count). The van der Waals surface area contributed by atoms with E-state index in [0.29, 0.717) is 17.7 Å². The lowest BCUT2D eigenvalue weighted by molar-refractivity contribution is 0.0765. The van der Waals surface area contributed by atoms with E-state index in [-0.39, 0.29) is 5.91 Å². The Labute approximate surface area is 140 Å². The summed E-state index contributed by atoms with van der Waals surface area (Å²) in [6.07, 6.45) is 4.91. The van der Waals surface area contributed by atoms with Crippen LogP contribution in [0.3, 0.4) is 0 Å². The Hall–Kier alpha value is -1.79. The van der Waals surface area contributed by atoms with E-state index in [1.165, 1.54) is 23.3 Å². The van der Waals surface area contributed by atoms with Crippen molar-refractivity contribution in [1.29, 1.82) is 0 Å². The molecule has 0 aliphatic carbocycles. The third kappa shape index (κ3) is 2.88. The fourth-order valence-electron chi connectivity index (χ4n) is 3.76. The lowest BCUT2D eigenvalue weighted by Gasteiger charge is -2.24. The molecule has 5 nitrogen and oxygen atoms in total. The van der Waals surface area contributed by atoms with Crippen molar-refractivity contribution in [3.63, 3.8) is 0 Å². The van der Waals surface area contributed by atoms with Gasteiger partial charge in [0.15, 0.2) is 0 Å². The maximum atomic E-state index is 12.6. The minimum atomic E-state index is 0.0880. The van der Waals surface area contributed by atoms with E-state index >= 15 is 0 Å². The van der Waals surface area contributed by atoms with Crippen LogP contribution < -0.4 is 0 Å². The molecule has 6 heteroatoms. The first kappa shape index (κ1) is 14.8. The molecule has 120 valence electrons. The highest BCUT2D eigenvalue weighted by Crippen LogP contribution is 2.33. The number of likely N-dealkylation sites (tertiary alicyclic amines) is 2. The van der Waals surface area contributed by atoms with Gasteiger partial charge < -0.3 is 4.90 Å². The van der Waals surface area contributed by atoms with Gasteiger partial charge in [-0.25, -0.2) is 4.98 Å². The van der Waals surface area contributed by atoms with Gasteiger partial charge in [-0.05, 0) is 37.4 Å². The second-order valence-electron chi connectivity index (χ2n) is 6.41. The Kier molecular flexibility index (Phi) is 3.87. The van der Waals surface area contributed by atoms with Gasteiger partial charge in [-0.3, -0.25) is 14.7 Å². The van der Waals surface area contributed by atoms with Crippen molar-refractivity contribution in [2.75, 3.05) is 19.6 Å². The Morgan fingerprint density at radius 3 is 3.09 bits per heavy atom. The number of carbonyl (C=O) groups is 1. The SMILES string of the molecule is Cc1nc(C(=O)N2C[C@@H]3CCN(Cc4cccnc4)[C@@H]3C2)cs1. The molecule has 23 heavy (non-hydrogen) atoms. The Morgan fingerprint density at radius 1 is 1.43 bits per heavy atom. The molecule has 2 aliphatic heterocycles. The number of aryl methyl sites for hydroxylation is 1. The van der Waals surface area contributed by atoms with Crippen LogP contribution in [-0.2, 0) is 6.54 Å². The minimum Gasteiger partial charge on any atom is -0.335 e. The predicted octanol–water partition coefficient (Wildman–Crippen LogP) is 2.19. The highest BCUT2D eigenvalue weighted by atomic mass is 32.1. The van der Waals surface area contributed by atoms with Crippen LogP contribution in [-0.4, -0.2) is 51.4 Å². The molecule has 2 saturated heterocycles. The molecule has 0 radical (unpaired) electrons. The number of nitrogens with zero attached hydrogens (tertiary/aromatic N) is 4. The van der Waals surface area contributed by atoms with Gasteiger partial charge in [-0.1, -0.05) is 6.07 Å². The summed E-state index contributed by atoms with van der Waals surface area (Å²) in [6.45, 7) is 5.66. The lowest BCUT2D eigenvalue weighted by atomic mass is 10.1. The number of aromatic nitrogens is 2. The Morgan fingerprint density at radius 2 is 2.35 bits per heavy atom. The number of amides is 1. The van der Waals surface area contributed by atoms with Crippen LogP contribution in [0.25, 0.3) is 0 Å². The van der Waals surface area contributed by atoms with Gasteiger partial charge in [-0.2, -0.15) is 0 Å². The zero-order valence-corrected chi connectivity index (χ0v) is 14.0. The number of hydrogen-bond donors (Lipinski definition) is 0. The normalized spacial score (nSPS) is 24.1. The summed E-state index contributed by atoms with van der Waals surface area (Å²) in [5.74, 6) is 0.681. The van der Waals surface area contributed by atoms with E-state index in [2.05, 4.69) is 20.9 Å². The van der Waals surface area contributed by atoms with Crippen molar-refractivity contribution in [3.05, 3.63) is 46.2 Å². The van der Waals surface area contributed by atoms with E-state index in [4.69, 9.17) is 0 Å². The van der Waals surface area contributed by atoms with Crippen molar-refractivity contribution in [2.45, 2.75) is 25.9 Å². The molecular formula is C17H20N4OS. The first-order valence-electron chi connectivity index (χ1n) is 8.05. The Bertz CT molecular complexity index is 702. The lowest BCUT2D eigenvalue weighted by Crippen LogP contribution is -2.36. The first-order chi connectivity index (χ1) is 11.2. The maximum Gasteiger partial charge on any atom is 0.273 e. The van der Waals surface area contributed by atoms with Crippen molar-refractivity contribution in [1.82, 2.24) is 19.8 Å². The molecule has 2 aromatic heterocycles. The van der Waals surface area contributed by atoms with E-state index in [1.807, 2.05) is 35.7 Å². The summed E-state index contributed by atoms with van der Waals surface area (Å²) >= 11 is 1.54. The third-order valence-electron chi connectivity index (χ3n) is 4.90. The van der Waals surface area contributed by atoms with E-state index in [1.54, 1.807) is 0 Å². The van der Waals surface area contributed by atoms with Gasteiger partial charge in [0, 0.05) is 43.4 Å². The van der Waals surface area contributed by atoms with Crippen molar-refractivity contribution in [3.8, 4) is 0 Å². The average Bonchev–Trinajstić information content (AvgIpc) is 3.25. The number of carbonyl (C=O) groups excluding carboxylic acids is 1. The summed E-state index contributed by atoms with van der Waals surface area (Å²) in [7, 11) is 0. The summed E-state index contributed by atoms with van der Waals surface area (Å²) in [6, 6.07) is 4.58. The van der Waals surface area contributed by atoms with E-state index in [9.17, 15) is 4.79 Å². The zero-order chi connectivity index (χ0) is 15.8. The second kappa shape index (κ2) is 6.02. The van der Waals surface area contributed by atoms with Crippen LogP contribution in [0, 0.1) is 12.8 Å². The number of hydrogen-bond acceptors (Lipinski definition) is 5. The average molecular weight is 328 g/mol. The van der Waals surface area contributed by atoms with Gasteiger partial charge in [0.25, 0.3) is 5.91 Å². The van der Waals surface area contributed by atoms with Crippen molar-refractivity contribution < 1.29 is 4.79 Å². The first-order valence-corrected chi connectivity index (χ1v) is 8.93. The van der Waals surface area contributed by atoms with Gasteiger partial charge in [0.1, 0.15) is 5.69 Å². The molecule has 0 unspecified atom stereocenters. The zero-order valence-electron chi connectivity index (χ0n) is 13.2. The highest BCUT2D eigenvalue weighted by molar-refractivity contribution is 7.09. The van der Waals surface area contributed by atoms with Crippen LogP contribution in [0.5, 0.6) is 0 Å². The topological polar surface area (TPSA) is 49.3 Å². The molecule has 2 atom stereocenters. The molecule has 2 aromatic rings. The molecule has 2 fully saturated rings. The Balaban J connectivity index is 1.44. The largest absolute Gasteiger partial charge is 0.335 e. The van der Waals surface area contributed by atoms with Crippen LogP contribution in [0.4, 0.5) is 0 Å². The molecule has 0 saturated carbocycles. The highest BCUT2D eigenvalue weighted by Gasteiger charge is 2.43. The van der Waals surface area contributed by atoms with E-state index in [0.717, 1.165) is 31.2 Å². The van der Waals surface area contributed by atoms with E-state index < -0.39 is 0 Å². The number of rotatable bonds is 3. The minimum absolute atomic E-state index is 0.0880. The monoisotopic (exact) mass is 328 g/mol. The summed E-state index contributed by atoms with van der Waals surface area (Å²) in [5, 5.41) is 2.82. The van der Waals surface area contributed by atoms with Crippen molar-refractivity contribution in [2.24, 2.45) is 5.92 Å². The third-order valence-corrected chi connectivity index (χ3v) is 5.67. The molecule has 1 amide bonds. The summed E-state index contributed by atoms with van der Waals surface area (Å²) in [4.78, 5) is 25.6. The van der Waals surface area contributed by atoms with Gasteiger partial charge in [0.05, 0.1) is 5.01 Å². The molecular weight excluding hydrogens is 308 g/mol. The fourth-order valence-corrected chi connectivity index (χ4v) is 4.35. The van der Waals surface area contributed by atoms with Crippen LogP contribution in [0.2, 0.25) is 0 Å². The van der Waals surface area contributed by atoms with Gasteiger partial charge in [0.2, 0.25) is 0 Å². The molecule has 2 aliphatic rings. The fraction of sp³-hybridized carbons (Fsp3) is 0.471. The standard InChI is InChI=1S/C17H20N4OS/c1-12-19-15(11-23-12)17(22)21-9-14-4-6-20(16(14)10-21)8-13-3-2-5-18-7-13/h2-3,5,7,11,14,16H,4,6,8-10H2,1H3/t14-,16+/m0/s1. The smallest absolute Gasteiger partial charge is 0.273 e. The number of pyridine rings is 1. The molecule has 4 heterocycles. The molecule has 0 spiro atoms. The molecule has 0 bridgehead atoms. The van der Waals surface area contributed by atoms with Gasteiger partial charge >= 0.3 is 0 Å². The van der Waals surface area contributed by atoms with Crippen LogP contribution >= 0.6 is 11.3 Å².